The summed E-state index contributed by atoms with van der Waals surface area (Å²) in [6.45, 7) is 8.26. The number of nitrogens with zero attached hydrogens (tertiary/aromatic N) is 2. The Labute approximate surface area is 81.0 Å². The van der Waals surface area contributed by atoms with E-state index in [9.17, 15) is 0 Å². The van der Waals surface area contributed by atoms with E-state index in [0.29, 0.717) is 0 Å². The third-order valence-electron chi connectivity index (χ3n) is 3.09. The highest BCUT2D eigenvalue weighted by molar-refractivity contribution is 5.83. The molecule has 0 amide bonds. The van der Waals surface area contributed by atoms with E-state index in [2.05, 4.69) is 23.7 Å². The van der Waals surface area contributed by atoms with E-state index in [-0.39, 0.29) is 0 Å². The molecule has 2 nitrogen and oxygen atoms in total. The zero-order valence-corrected chi connectivity index (χ0v) is 8.79. The molecule has 74 valence electrons. The van der Waals surface area contributed by atoms with Crippen LogP contribution in [0.4, 0.5) is 0 Å². The van der Waals surface area contributed by atoms with Crippen LogP contribution < -0.4 is 0 Å². The highest BCUT2D eigenvalue weighted by Gasteiger charge is 2.24. The Hall–Kier alpha value is -0.530. The van der Waals surface area contributed by atoms with E-state index in [1.54, 1.807) is 0 Å². The predicted molar refractivity (Wildman–Crippen MR) is 56.1 cm³/mol. The molecule has 0 bridgehead atoms. The second-order valence-corrected chi connectivity index (χ2v) is 4.75. The normalized spacial score (nSPS) is 34.9. The molecule has 0 saturated carbocycles. The molecule has 0 aromatic heterocycles. The minimum Gasteiger partial charge on any atom is -0.360 e. The first-order valence-electron chi connectivity index (χ1n) is 5.54. The molecule has 1 fully saturated rings. The fourth-order valence-corrected chi connectivity index (χ4v) is 2.66. The molecule has 1 saturated heterocycles. The molecule has 0 unspecified atom stereocenters. The topological polar surface area (TPSA) is 15.6 Å². The van der Waals surface area contributed by atoms with Gasteiger partial charge in [0, 0.05) is 26.1 Å². The number of hydrogen-bond acceptors (Lipinski definition) is 2. The number of piperidine rings is 1. The number of aliphatic imine (C=N–C) groups is 1. The molecular formula is C11H20N2. The molecule has 2 heterocycles. The van der Waals surface area contributed by atoms with Crippen LogP contribution in [0.15, 0.2) is 4.99 Å². The van der Waals surface area contributed by atoms with E-state index < -0.39 is 0 Å². The van der Waals surface area contributed by atoms with E-state index in [1.807, 2.05) is 0 Å². The second kappa shape index (κ2) is 3.69. The van der Waals surface area contributed by atoms with Crippen molar-refractivity contribution in [3.63, 3.8) is 0 Å². The van der Waals surface area contributed by atoms with Crippen molar-refractivity contribution in [1.29, 1.82) is 0 Å². The molecule has 0 radical (unpaired) electrons. The average molecular weight is 180 g/mol. The molecule has 2 heteroatoms. The van der Waals surface area contributed by atoms with Crippen molar-refractivity contribution in [2.75, 3.05) is 19.6 Å². The van der Waals surface area contributed by atoms with Gasteiger partial charge in [0.2, 0.25) is 0 Å². The highest BCUT2D eigenvalue weighted by Crippen LogP contribution is 2.23. The monoisotopic (exact) mass is 180 g/mol. The van der Waals surface area contributed by atoms with Crippen molar-refractivity contribution in [2.45, 2.75) is 33.1 Å². The minimum absolute atomic E-state index is 0.854. The lowest BCUT2D eigenvalue weighted by atomic mass is 9.92. The highest BCUT2D eigenvalue weighted by atomic mass is 15.2. The molecule has 13 heavy (non-hydrogen) atoms. The molecule has 2 aliphatic heterocycles. The summed E-state index contributed by atoms with van der Waals surface area (Å²) in [5, 5.41) is 0. The Balaban J connectivity index is 1.98. The summed E-state index contributed by atoms with van der Waals surface area (Å²) in [6, 6.07) is 0. The summed E-state index contributed by atoms with van der Waals surface area (Å²) in [4.78, 5) is 7.09. The smallest absolute Gasteiger partial charge is 0.0989 e. The minimum atomic E-state index is 0.854. The summed E-state index contributed by atoms with van der Waals surface area (Å²) in [5.74, 6) is 3.09. The predicted octanol–water partition coefficient (Wildman–Crippen LogP) is 2.16. The fraction of sp³-hybridized carbons (Fsp3) is 0.909. The van der Waals surface area contributed by atoms with Crippen LogP contribution in [0.3, 0.4) is 0 Å². The fourth-order valence-electron chi connectivity index (χ4n) is 2.66. The molecule has 2 atom stereocenters. The first-order chi connectivity index (χ1) is 6.25. The van der Waals surface area contributed by atoms with Crippen LogP contribution in [0.1, 0.15) is 33.1 Å². The first-order valence-corrected chi connectivity index (χ1v) is 5.54. The van der Waals surface area contributed by atoms with Gasteiger partial charge in [0.25, 0.3) is 0 Å². The van der Waals surface area contributed by atoms with E-state index in [4.69, 9.17) is 0 Å². The molecule has 0 aromatic carbocycles. The number of likely N-dealkylation sites (tertiary alicyclic amines) is 1. The molecule has 0 N–H and O–H groups in total. The third-order valence-corrected chi connectivity index (χ3v) is 3.09. The summed E-state index contributed by atoms with van der Waals surface area (Å²) in [7, 11) is 0. The summed E-state index contributed by atoms with van der Waals surface area (Å²) in [6.07, 6.45) is 3.89. The summed E-state index contributed by atoms with van der Waals surface area (Å²) < 4.78 is 0. The van der Waals surface area contributed by atoms with E-state index in [0.717, 1.165) is 18.4 Å². The van der Waals surface area contributed by atoms with Gasteiger partial charge in [-0.15, -0.1) is 0 Å². The maximum Gasteiger partial charge on any atom is 0.0989 e. The standard InChI is InChI=1S/C11H20N2/c1-9-6-10(2)8-13(7-9)11-4-3-5-12-11/h9-10H,3-8H2,1-2H3/t9-,10+. The van der Waals surface area contributed by atoms with Crippen molar-refractivity contribution < 1.29 is 0 Å². The van der Waals surface area contributed by atoms with Crippen LogP contribution in [-0.4, -0.2) is 30.4 Å². The number of amidine groups is 1. The maximum atomic E-state index is 4.57. The van der Waals surface area contributed by atoms with Gasteiger partial charge in [0.15, 0.2) is 0 Å². The van der Waals surface area contributed by atoms with Crippen LogP contribution in [0.5, 0.6) is 0 Å². The quantitative estimate of drug-likeness (QED) is 0.558. The van der Waals surface area contributed by atoms with Crippen LogP contribution in [0.2, 0.25) is 0 Å². The van der Waals surface area contributed by atoms with Crippen LogP contribution in [0.25, 0.3) is 0 Å². The van der Waals surface area contributed by atoms with Gasteiger partial charge >= 0.3 is 0 Å². The SMILES string of the molecule is C[C@@H]1C[C@H](C)CN(C2=NCCC2)C1. The van der Waals surface area contributed by atoms with Crippen LogP contribution in [-0.2, 0) is 0 Å². The largest absolute Gasteiger partial charge is 0.360 e. The molecule has 2 aliphatic rings. The van der Waals surface area contributed by atoms with Gasteiger partial charge in [0.05, 0.1) is 5.84 Å². The lowest BCUT2D eigenvalue weighted by Gasteiger charge is -2.36. The van der Waals surface area contributed by atoms with Gasteiger partial charge in [-0.3, -0.25) is 4.99 Å². The Morgan fingerprint density at radius 1 is 1.23 bits per heavy atom. The van der Waals surface area contributed by atoms with Gasteiger partial charge in [-0.25, -0.2) is 0 Å². The van der Waals surface area contributed by atoms with Crippen molar-refractivity contribution in [2.24, 2.45) is 16.8 Å². The Bertz CT molecular complexity index is 200. The van der Waals surface area contributed by atoms with Gasteiger partial charge in [-0.1, -0.05) is 13.8 Å². The molecule has 0 spiro atoms. The van der Waals surface area contributed by atoms with Crippen molar-refractivity contribution in [1.82, 2.24) is 4.90 Å². The van der Waals surface area contributed by atoms with Crippen molar-refractivity contribution in [3.8, 4) is 0 Å². The number of hydrogen-bond donors (Lipinski definition) is 0. The van der Waals surface area contributed by atoms with Gasteiger partial charge in [-0.2, -0.15) is 0 Å². The van der Waals surface area contributed by atoms with Gasteiger partial charge in [0.1, 0.15) is 0 Å². The molecular weight excluding hydrogens is 160 g/mol. The van der Waals surface area contributed by atoms with Crippen LogP contribution >= 0.6 is 0 Å². The van der Waals surface area contributed by atoms with Crippen LogP contribution in [0, 0.1) is 11.8 Å². The number of rotatable bonds is 0. The van der Waals surface area contributed by atoms with Gasteiger partial charge in [-0.05, 0) is 24.7 Å². The van der Waals surface area contributed by atoms with E-state index >= 15 is 0 Å². The molecule has 2 rings (SSSR count). The Kier molecular flexibility index (Phi) is 2.56. The van der Waals surface area contributed by atoms with Gasteiger partial charge < -0.3 is 4.90 Å². The zero-order valence-electron chi connectivity index (χ0n) is 8.79. The lowest BCUT2D eigenvalue weighted by Crippen LogP contribution is -2.41. The first kappa shape index (κ1) is 9.04. The average Bonchev–Trinajstić information content (AvgIpc) is 2.53. The second-order valence-electron chi connectivity index (χ2n) is 4.75. The van der Waals surface area contributed by atoms with Crippen molar-refractivity contribution in [3.05, 3.63) is 0 Å². The Morgan fingerprint density at radius 2 is 1.92 bits per heavy atom. The summed E-state index contributed by atoms with van der Waals surface area (Å²) in [5.41, 5.74) is 0. The van der Waals surface area contributed by atoms with E-state index in [1.165, 1.54) is 38.2 Å². The lowest BCUT2D eigenvalue weighted by molar-refractivity contribution is 0.212. The van der Waals surface area contributed by atoms with Crippen molar-refractivity contribution >= 4 is 5.84 Å². The summed E-state index contributed by atoms with van der Waals surface area (Å²) >= 11 is 0. The Morgan fingerprint density at radius 3 is 2.46 bits per heavy atom. The molecule has 0 aromatic rings. The zero-order chi connectivity index (χ0) is 9.26. The third kappa shape index (κ3) is 2.04. The molecule has 0 aliphatic carbocycles. The maximum absolute atomic E-state index is 4.57.